The third-order valence-electron chi connectivity index (χ3n) is 6.16. The Morgan fingerprint density at radius 3 is 2.46 bits per heavy atom. The zero-order chi connectivity index (χ0) is 25.4. The summed E-state index contributed by atoms with van der Waals surface area (Å²) in [7, 11) is 0. The van der Waals surface area contributed by atoms with Crippen molar-refractivity contribution in [3.63, 3.8) is 0 Å². The van der Waals surface area contributed by atoms with Crippen molar-refractivity contribution in [1.82, 2.24) is 0 Å². The van der Waals surface area contributed by atoms with Crippen molar-refractivity contribution in [2.24, 2.45) is 17.8 Å². The van der Waals surface area contributed by atoms with E-state index < -0.39 is 18.5 Å². The second-order valence-corrected chi connectivity index (χ2v) is 10.2. The van der Waals surface area contributed by atoms with Crippen molar-refractivity contribution in [2.75, 3.05) is 18.5 Å². The fourth-order valence-corrected chi connectivity index (χ4v) is 4.55. The highest BCUT2D eigenvalue weighted by atomic mass is 79.9. The lowest BCUT2D eigenvalue weighted by atomic mass is 9.75. The number of hydrogen-bond donors (Lipinski definition) is 1. The van der Waals surface area contributed by atoms with Gasteiger partial charge < -0.3 is 19.5 Å². The Bertz CT molecular complexity index is 1020. The van der Waals surface area contributed by atoms with E-state index in [0.717, 1.165) is 23.7 Å². The first-order chi connectivity index (χ1) is 16.7. The van der Waals surface area contributed by atoms with Crippen molar-refractivity contribution in [2.45, 2.75) is 46.1 Å². The first kappa shape index (κ1) is 26.7. The van der Waals surface area contributed by atoms with Crippen molar-refractivity contribution in [1.29, 1.82) is 0 Å². The summed E-state index contributed by atoms with van der Waals surface area (Å²) < 4.78 is 17.4. The lowest BCUT2D eigenvalue weighted by Crippen LogP contribution is -2.36. The molecule has 0 radical (unpaired) electrons. The molecule has 1 fully saturated rings. The summed E-state index contributed by atoms with van der Waals surface area (Å²) in [6.07, 6.45) is 2.81. The highest BCUT2D eigenvalue weighted by Crippen LogP contribution is 2.35. The first-order valence-corrected chi connectivity index (χ1v) is 12.7. The summed E-state index contributed by atoms with van der Waals surface area (Å²) in [5.41, 5.74) is 0.753. The quantitative estimate of drug-likeness (QED) is 0.410. The fraction of sp³-hybridized carbons (Fsp3) is 0.444. The van der Waals surface area contributed by atoms with Crippen LogP contribution in [0.3, 0.4) is 0 Å². The van der Waals surface area contributed by atoms with Crippen LogP contribution in [-0.2, 0) is 19.1 Å². The van der Waals surface area contributed by atoms with Crippen molar-refractivity contribution in [3.05, 3.63) is 58.6 Å². The Morgan fingerprint density at radius 2 is 1.74 bits per heavy atom. The van der Waals surface area contributed by atoms with E-state index in [9.17, 15) is 14.4 Å². The van der Waals surface area contributed by atoms with Crippen molar-refractivity contribution < 1.29 is 28.6 Å². The van der Waals surface area contributed by atoms with Gasteiger partial charge in [0.1, 0.15) is 17.4 Å². The SMILES string of the molecule is CC(C)[C@@H]1CC[C@H](C)C[C@@H]1OC(=O)COC(=O)c1ccccc1OCC(=O)Nc1ccc(Br)cc1. The topological polar surface area (TPSA) is 90.9 Å². The molecule has 3 atom stereocenters. The predicted octanol–water partition coefficient (Wildman–Crippen LogP) is 5.63. The number of halogens is 1. The van der Waals surface area contributed by atoms with E-state index in [-0.39, 0.29) is 29.9 Å². The van der Waals surface area contributed by atoms with Gasteiger partial charge in [-0.15, -0.1) is 0 Å². The van der Waals surface area contributed by atoms with Crippen LogP contribution < -0.4 is 10.1 Å². The molecule has 0 aliphatic heterocycles. The number of para-hydroxylation sites is 1. The van der Waals surface area contributed by atoms with Crippen LogP contribution in [0.4, 0.5) is 5.69 Å². The molecule has 0 aromatic heterocycles. The Morgan fingerprint density at radius 1 is 1.03 bits per heavy atom. The van der Waals surface area contributed by atoms with Crippen LogP contribution in [0.5, 0.6) is 5.75 Å². The van der Waals surface area contributed by atoms with Crippen LogP contribution in [-0.4, -0.2) is 37.2 Å². The third-order valence-corrected chi connectivity index (χ3v) is 6.69. The zero-order valence-corrected chi connectivity index (χ0v) is 21.9. The molecule has 3 rings (SSSR count). The van der Waals surface area contributed by atoms with Crippen LogP contribution >= 0.6 is 15.9 Å². The maximum Gasteiger partial charge on any atom is 0.344 e. The Kier molecular flexibility index (Phi) is 9.72. The summed E-state index contributed by atoms with van der Waals surface area (Å²) in [5, 5.41) is 2.72. The van der Waals surface area contributed by atoms with Gasteiger partial charge >= 0.3 is 11.9 Å². The predicted molar refractivity (Wildman–Crippen MR) is 136 cm³/mol. The average Bonchev–Trinajstić information content (AvgIpc) is 2.82. The highest BCUT2D eigenvalue weighted by Gasteiger charge is 2.33. The molecule has 0 heterocycles. The minimum Gasteiger partial charge on any atom is -0.483 e. The molecule has 0 bridgehead atoms. The third kappa shape index (κ3) is 8.09. The standard InChI is InChI=1S/C27H32BrNO6/c1-17(2)21-13-8-18(3)14-24(21)35-26(31)16-34-27(32)22-6-4-5-7-23(22)33-15-25(30)29-20-11-9-19(28)10-12-20/h4-7,9-12,17-18,21,24H,8,13-16H2,1-3H3,(H,29,30)/t18-,21-,24-/m0/s1. The van der Waals surface area contributed by atoms with E-state index in [4.69, 9.17) is 14.2 Å². The fourth-order valence-electron chi connectivity index (χ4n) is 4.29. The van der Waals surface area contributed by atoms with Gasteiger partial charge in [0.15, 0.2) is 13.2 Å². The molecule has 35 heavy (non-hydrogen) atoms. The number of amides is 1. The van der Waals surface area contributed by atoms with Crippen LogP contribution in [0.25, 0.3) is 0 Å². The normalized spacial score (nSPS) is 19.6. The molecule has 8 heteroatoms. The number of hydrogen-bond acceptors (Lipinski definition) is 6. The van der Waals surface area contributed by atoms with Gasteiger partial charge in [0.05, 0.1) is 0 Å². The minimum atomic E-state index is -0.719. The minimum absolute atomic E-state index is 0.128. The number of ether oxygens (including phenoxy) is 3. The Balaban J connectivity index is 1.52. The first-order valence-electron chi connectivity index (χ1n) is 11.9. The lowest BCUT2D eigenvalue weighted by molar-refractivity contribution is -0.159. The molecule has 1 N–H and O–H groups in total. The van der Waals surface area contributed by atoms with Gasteiger partial charge in [-0.25, -0.2) is 9.59 Å². The lowest BCUT2D eigenvalue weighted by Gasteiger charge is -2.36. The van der Waals surface area contributed by atoms with Gasteiger partial charge in [-0.05, 0) is 67.0 Å². The van der Waals surface area contributed by atoms with Gasteiger partial charge in [-0.3, -0.25) is 4.79 Å². The van der Waals surface area contributed by atoms with E-state index in [1.807, 2.05) is 12.1 Å². The van der Waals surface area contributed by atoms with Gasteiger partial charge in [0, 0.05) is 10.2 Å². The molecule has 0 saturated heterocycles. The van der Waals surface area contributed by atoms with E-state index in [2.05, 4.69) is 42.0 Å². The average molecular weight is 546 g/mol. The van der Waals surface area contributed by atoms with E-state index >= 15 is 0 Å². The van der Waals surface area contributed by atoms with Gasteiger partial charge in [-0.1, -0.05) is 55.3 Å². The second-order valence-electron chi connectivity index (χ2n) is 9.27. The van der Waals surface area contributed by atoms with Crippen LogP contribution in [0.1, 0.15) is 50.4 Å². The highest BCUT2D eigenvalue weighted by molar-refractivity contribution is 9.10. The van der Waals surface area contributed by atoms with Crippen LogP contribution in [0.15, 0.2) is 53.0 Å². The Hall–Kier alpha value is -2.87. The summed E-state index contributed by atoms with van der Waals surface area (Å²) in [6.45, 7) is 5.66. The van der Waals surface area contributed by atoms with Crippen LogP contribution in [0, 0.1) is 17.8 Å². The molecular formula is C27H32BrNO6. The number of carbonyl (C=O) groups is 3. The van der Waals surface area contributed by atoms with E-state index in [1.165, 1.54) is 6.07 Å². The van der Waals surface area contributed by atoms with Crippen LogP contribution in [0.2, 0.25) is 0 Å². The smallest absolute Gasteiger partial charge is 0.344 e. The zero-order valence-electron chi connectivity index (χ0n) is 20.3. The molecular weight excluding hydrogens is 514 g/mol. The molecule has 0 unspecified atom stereocenters. The number of esters is 2. The molecule has 1 amide bonds. The summed E-state index contributed by atoms with van der Waals surface area (Å²) in [6, 6.07) is 13.6. The molecule has 2 aromatic carbocycles. The maximum absolute atomic E-state index is 12.6. The molecule has 2 aromatic rings. The summed E-state index contributed by atoms with van der Waals surface area (Å²) in [4.78, 5) is 37.3. The maximum atomic E-state index is 12.6. The van der Waals surface area contributed by atoms with Gasteiger partial charge in [0.2, 0.25) is 0 Å². The number of benzene rings is 2. The summed E-state index contributed by atoms with van der Waals surface area (Å²) >= 11 is 3.34. The van der Waals surface area contributed by atoms with Gasteiger partial charge in [-0.2, -0.15) is 0 Å². The number of rotatable bonds is 9. The molecule has 0 spiro atoms. The molecule has 7 nitrogen and oxygen atoms in total. The van der Waals surface area contributed by atoms with E-state index in [0.29, 0.717) is 23.4 Å². The van der Waals surface area contributed by atoms with E-state index in [1.54, 1.807) is 30.3 Å². The van der Waals surface area contributed by atoms with Crippen molar-refractivity contribution in [3.8, 4) is 5.75 Å². The van der Waals surface area contributed by atoms with Gasteiger partial charge in [0.25, 0.3) is 5.91 Å². The second kappa shape index (κ2) is 12.7. The monoisotopic (exact) mass is 545 g/mol. The Labute approximate surface area is 214 Å². The molecule has 1 saturated carbocycles. The largest absolute Gasteiger partial charge is 0.483 e. The number of carbonyl (C=O) groups excluding carboxylic acids is 3. The molecule has 1 aliphatic carbocycles. The summed E-state index contributed by atoms with van der Waals surface area (Å²) in [5.74, 6) is -0.247. The molecule has 1 aliphatic rings. The number of nitrogens with one attached hydrogen (secondary N) is 1. The molecule has 188 valence electrons. The van der Waals surface area contributed by atoms with Crippen molar-refractivity contribution >= 4 is 39.5 Å². The number of anilines is 1.